The van der Waals surface area contributed by atoms with Crippen molar-refractivity contribution in [2.75, 3.05) is 11.9 Å². The third kappa shape index (κ3) is 3.92. The topological polar surface area (TPSA) is 45.0 Å². The summed E-state index contributed by atoms with van der Waals surface area (Å²) in [6, 6.07) is 14.8. The quantitative estimate of drug-likeness (QED) is 0.853. The van der Waals surface area contributed by atoms with E-state index in [1.807, 2.05) is 24.3 Å². The van der Waals surface area contributed by atoms with Gasteiger partial charge in [0.25, 0.3) is 0 Å². The van der Waals surface area contributed by atoms with E-state index < -0.39 is 0 Å². The van der Waals surface area contributed by atoms with Crippen LogP contribution in [-0.2, 0) is 6.54 Å². The Morgan fingerprint density at radius 3 is 2.81 bits per heavy atom. The molecule has 0 bridgehead atoms. The van der Waals surface area contributed by atoms with Gasteiger partial charge in [-0.3, -0.25) is 0 Å². The standard InChI is InChI=1S/C17H13ClN2O/c1-2-9-21-17-6-4-3-5-14(17)12-20-16-10-13(11-19)7-8-15(16)18/h1,3-8,10,20H,9,12H2. The lowest BCUT2D eigenvalue weighted by Crippen LogP contribution is -2.04. The van der Waals surface area contributed by atoms with Crippen molar-refractivity contribution in [2.24, 2.45) is 0 Å². The van der Waals surface area contributed by atoms with Gasteiger partial charge >= 0.3 is 0 Å². The highest BCUT2D eigenvalue weighted by atomic mass is 35.5. The Morgan fingerprint density at radius 2 is 2.05 bits per heavy atom. The number of nitriles is 1. The molecule has 0 heterocycles. The number of nitrogens with one attached hydrogen (secondary N) is 1. The van der Waals surface area contributed by atoms with Crippen molar-refractivity contribution < 1.29 is 4.74 Å². The van der Waals surface area contributed by atoms with Gasteiger partial charge in [0, 0.05) is 12.1 Å². The zero-order chi connectivity index (χ0) is 15.1. The Bertz CT molecular complexity index is 713. The monoisotopic (exact) mass is 296 g/mol. The van der Waals surface area contributed by atoms with Crippen molar-refractivity contribution in [1.29, 1.82) is 5.26 Å². The van der Waals surface area contributed by atoms with Gasteiger partial charge in [0.2, 0.25) is 0 Å². The van der Waals surface area contributed by atoms with Crippen molar-refractivity contribution in [3.63, 3.8) is 0 Å². The fourth-order valence-electron chi connectivity index (χ4n) is 1.83. The van der Waals surface area contributed by atoms with Crippen LogP contribution in [0.2, 0.25) is 5.02 Å². The molecule has 0 unspecified atom stereocenters. The lowest BCUT2D eigenvalue weighted by atomic mass is 10.1. The summed E-state index contributed by atoms with van der Waals surface area (Å²) in [4.78, 5) is 0. The van der Waals surface area contributed by atoms with Crippen LogP contribution in [0.1, 0.15) is 11.1 Å². The Kier molecular flexibility index (Phi) is 5.10. The SMILES string of the molecule is C#CCOc1ccccc1CNc1cc(C#N)ccc1Cl. The molecule has 0 aliphatic rings. The Hall–Kier alpha value is -2.62. The summed E-state index contributed by atoms with van der Waals surface area (Å²) in [6.07, 6.45) is 5.20. The Labute approximate surface area is 129 Å². The van der Waals surface area contributed by atoms with Gasteiger partial charge in [0.15, 0.2) is 0 Å². The van der Waals surface area contributed by atoms with Crippen molar-refractivity contribution in [3.05, 3.63) is 58.6 Å². The molecule has 0 radical (unpaired) electrons. The molecule has 0 atom stereocenters. The van der Waals surface area contributed by atoms with E-state index in [-0.39, 0.29) is 6.61 Å². The molecule has 4 heteroatoms. The van der Waals surface area contributed by atoms with Crippen LogP contribution in [0.25, 0.3) is 0 Å². The normalized spacial score (nSPS) is 9.48. The van der Waals surface area contributed by atoms with Gasteiger partial charge in [0.05, 0.1) is 22.3 Å². The number of anilines is 1. The van der Waals surface area contributed by atoms with Crippen LogP contribution in [0, 0.1) is 23.7 Å². The first-order valence-electron chi connectivity index (χ1n) is 6.32. The molecule has 0 amide bonds. The average molecular weight is 297 g/mol. The second kappa shape index (κ2) is 7.24. The maximum Gasteiger partial charge on any atom is 0.148 e. The number of nitrogens with zero attached hydrogens (tertiary/aromatic N) is 1. The average Bonchev–Trinajstić information content (AvgIpc) is 2.53. The minimum Gasteiger partial charge on any atom is -0.481 e. The van der Waals surface area contributed by atoms with Crippen LogP contribution in [0.5, 0.6) is 5.75 Å². The molecule has 21 heavy (non-hydrogen) atoms. The molecule has 0 saturated heterocycles. The van der Waals surface area contributed by atoms with Crippen molar-refractivity contribution in [3.8, 4) is 24.2 Å². The number of hydrogen-bond acceptors (Lipinski definition) is 3. The maximum atomic E-state index is 8.92. The molecule has 3 nitrogen and oxygen atoms in total. The second-order valence-electron chi connectivity index (χ2n) is 4.26. The molecule has 0 saturated carbocycles. The zero-order valence-electron chi connectivity index (χ0n) is 11.3. The van der Waals surface area contributed by atoms with Crippen LogP contribution < -0.4 is 10.1 Å². The van der Waals surface area contributed by atoms with Crippen molar-refractivity contribution in [2.45, 2.75) is 6.54 Å². The highest BCUT2D eigenvalue weighted by molar-refractivity contribution is 6.33. The summed E-state index contributed by atoms with van der Waals surface area (Å²) >= 11 is 6.11. The summed E-state index contributed by atoms with van der Waals surface area (Å²) < 4.78 is 5.49. The van der Waals surface area contributed by atoms with Crippen LogP contribution in [0.15, 0.2) is 42.5 Å². The molecule has 0 aliphatic carbocycles. The number of rotatable bonds is 5. The smallest absolute Gasteiger partial charge is 0.148 e. The predicted octanol–water partition coefficient (Wildman–Crippen LogP) is 3.84. The molecule has 2 aromatic carbocycles. The van der Waals surface area contributed by atoms with E-state index in [4.69, 9.17) is 28.0 Å². The maximum absolute atomic E-state index is 8.92. The van der Waals surface area contributed by atoms with Gasteiger partial charge in [-0.1, -0.05) is 35.7 Å². The van der Waals surface area contributed by atoms with Crippen LogP contribution in [-0.4, -0.2) is 6.61 Å². The molecule has 0 aromatic heterocycles. The first kappa shape index (κ1) is 14.8. The summed E-state index contributed by atoms with van der Waals surface area (Å²) in [6.45, 7) is 0.747. The molecule has 2 rings (SSSR count). The molecule has 2 aromatic rings. The number of halogens is 1. The van der Waals surface area contributed by atoms with Gasteiger partial charge in [-0.25, -0.2) is 0 Å². The summed E-state index contributed by atoms with van der Waals surface area (Å²) in [5.74, 6) is 3.17. The molecule has 0 fully saturated rings. The molecule has 0 spiro atoms. The molecule has 1 N–H and O–H groups in total. The van der Waals surface area contributed by atoms with Crippen LogP contribution in [0.3, 0.4) is 0 Å². The van der Waals surface area contributed by atoms with E-state index in [0.29, 0.717) is 22.8 Å². The highest BCUT2D eigenvalue weighted by Gasteiger charge is 2.05. The largest absolute Gasteiger partial charge is 0.481 e. The molecular weight excluding hydrogens is 284 g/mol. The first-order valence-corrected chi connectivity index (χ1v) is 6.70. The minimum absolute atomic E-state index is 0.224. The summed E-state index contributed by atoms with van der Waals surface area (Å²) in [7, 11) is 0. The summed E-state index contributed by atoms with van der Waals surface area (Å²) in [5.41, 5.74) is 2.23. The molecule has 104 valence electrons. The number of benzene rings is 2. The van der Waals surface area contributed by atoms with Gasteiger partial charge in [0.1, 0.15) is 12.4 Å². The van der Waals surface area contributed by atoms with E-state index in [1.54, 1.807) is 18.2 Å². The van der Waals surface area contributed by atoms with Crippen molar-refractivity contribution in [1.82, 2.24) is 0 Å². The third-order valence-electron chi connectivity index (χ3n) is 2.85. The van der Waals surface area contributed by atoms with Gasteiger partial charge in [-0.15, -0.1) is 6.42 Å². The highest BCUT2D eigenvalue weighted by Crippen LogP contribution is 2.25. The van der Waals surface area contributed by atoms with Gasteiger partial charge in [-0.05, 0) is 24.3 Å². The van der Waals surface area contributed by atoms with E-state index in [9.17, 15) is 0 Å². The Morgan fingerprint density at radius 1 is 1.24 bits per heavy atom. The zero-order valence-corrected chi connectivity index (χ0v) is 12.0. The van der Waals surface area contributed by atoms with E-state index in [0.717, 1.165) is 11.3 Å². The lowest BCUT2D eigenvalue weighted by Gasteiger charge is -2.12. The fourth-order valence-corrected chi connectivity index (χ4v) is 2.02. The van der Waals surface area contributed by atoms with Crippen LogP contribution in [0.4, 0.5) is 5.69 Å². The second-order valence-corrected chi connectivity index (χ2v) is 4.67. The van der Waals surface area contributed by atoms with E-state index in [2.05, 4.69) is 17.3 Å². The van der Waals surface area contributed by atoms with Gasteiger partial charge < -0.3 is 10.1 Å². The Balaban J connectivity index is 2.14. The molecule has 0 aliphatic heterocycles. The number of ether oxygens (including phenoxy) is 1. The lowest BCUT2D eigenvalue weighted by molar-refractivity contribution is 0.366. The van der Waals surface area contributed by atoms with Crippen LogP contribution >= 0.6 is 11.6 Å². The van der Waals surface area contributed by atoms with E-state index in [1.165, 1.54) is 0 Å². The van der Waals surface area contributed by atoms with Crippen molar-refractivity contribution >= 4 is 17.3 Å². The third-order valence-corrected chi connectivity index (χ3v) is 3.18. The number of terminal acetylenes is 1. The fraction of sp³-hybridized carbons (Fsp3) is 0.118. The number of hydrogen-bond donors (Lipinski definition) is 1. The molecular formula is C17H13ClN2O. The predicted molar refractivity (Wildman–Crippen MR) is 84.3 cm³/mol. The van der Waals surface area contributed by atoms with Gasteiger partial charge in [-0.2, -0.15) is 5.26 Å². The summed E-state index contributed by atoms with van der Waals surface area (Å²) in [5, 5.41) is 12.7. The van der Waals surface area contributed by atoms with E-state index >= 15 is 0 Å². The first-order chi connectivity index (χ1) is 10.2. The number of para-hydroxylation sites is 1. The minimum atomic E-state index is 0.224.